The topological polar surface area (TPSA) is 21.3 Å². The van der Waals surface area contributed by atoms with Gasteiger partial charge in [-0.05, 0) is 70.7 Å². The molecule has 1 N–H and O–H groups in total. The Bertz CT molecular complexity index is 596. The molecule has 2 aromatic rings. The van der Waals surface area contributed by atoms with Gasteiger partial charge in [0.1, 0.15) is 11.5 Å². The molecule has 0 heterocycles. The van der Waals surface area contributed by atoms with E-state index in [1.807, 2.05) is 24.3 Å². The molecule has 2 nitrogen and oxygen atoms in total. The van der Waals surface area contributed by atoms with Crippen LogP contribution in [0.2, 0.25) is 0 Å². The minimum absolute atomic E-state index is 0.664. The zero-order valence-electron chi connectivity index (χ0n) is 12.8. The highest BCUT2D eigenvalue weighted by atomic mass is 79.9. The van der Waals surface area contributed by atoms with Crippen molar-refractivity contribution in [2.75, 3.05) is 6.54 Å². The Balaban J connectivity index is 2.02. The summed E-state index contributed by atoms with van der Waals surface area (Å²) in [5.41, 5.74) is 2.44. The van der Waals surface area contributed by atoms with Gasteiger partial charge in [-0.25, -0.2) is 0 Å². The molecule has 0 aliphatic rings. The number of hydrogen-bond donors (Lipinski definition) is 1. The van der Waals surface area contributed by atoms with Crippen LogP contribution in [0.3, 0.4) is 0 Å². The van der Waals surface area contributed by atoms with Crippen LogP contribution in [-0.4, -0.2) is 6.54 Å². The van der Waals surface area contributed by atoms with Crippen LogP contribution in [0.1, 0.15) is 25.0 Å². The maximum absolute atomic E-state index is 5.92. The van der Waals surface area contributed by atoms with Gasteiger partial charge in [0.2, 0.25) is 0 Å². The molecule has 0 saturated carbocycles. The summed E-state index contributed by atoms with van der Waals surface area (Å²) in [5, 5.41) is 3.44. The molecule has 0 saturated heterocycles. The number of benzene rings is 2. The third-order valence-electron chi connectivity index (χ3n) is 3.10. The predicted octanol–water partition coefficient (Wildman–Crippen LogP) is 5.30. The van der Waals surface area contributed by atoms with Crippen molar-refractivity contribution in [1.82, 2.24) is 5.32 Å². The van der Waals surface area contributed by atoms with Crippen LogP contribution in [-0.2, 0) is 6.54 Å². The van der Waals surface area contributed by atoms with Crippen molar-refractivity contribution in [3.8, 4) is 11.5 Å². The fraction of sp³-hybridized carbons (Fsp3) is 0.333. The van der Waals surface area contributed by atoms with Gasteiger partial charge in [0.05, 0.1) is 4.47 Å². The number of nitrogens with one attached hydrogen (secondary N) is 1. The van der Waals surface area contributed by atoms with Crippen molar-refractivity contribution in [3.05, 3.63) is 58.1 Å². The molecule has 0 fully saturated rings. The summed E-state index contributed by atoms with van der Waals surface area (Å²) in [6.45, 7) is 8.38. The van der Waals surface area contributed by atoms with E-state index in [2.05, 4.69) is 60.2 Å². The third kappa shape index (κ3) is 5.18. The second kappa shape index (κ2) is 7.62. The molecule has 0 bridgehead atoms. The normalized spacial score (nSPS) is 10.9. The zero-order chi connectivity index (χ0) is 15.2. The lowest BCUT2D eigenvalue weighted by atomic mass is 10.2. The zero-order valence-corrected chi connectivity index (χ0v) is 14.4. The molecule has 21 heavy (non-hydrogen) atoms. The van der Waals surface area contributed by atoms with Crippen molar-refractivity contribution in [3.63, 3.8) is 0 Å². The summed E-state index contributed by atoms with van der Waals surface area (Å²) in [6, 6.07) is 14.3. The van der Waals surface area contributed by atoms with Crippen LogP contribution in [0.4, 0.5) is 0 Å². The third-order valence-corrected chi connectivity index (χ3v) is 3.72. The highest BCUT2D eigenvalue weighted by Crippen LogP contribution is 2.30. The number of halogens is 1. The van der Waals surface area contributed by atoms with E-state index >= 15 is 0 Å². The molecule has 112 valence electrons. The number of rotatable bonds is 6. The SMILES string of the molecule is Cc1cccc(Oc2ccc(CNCC(C)C)cc2Br)c1. The summed E-state index contributed by atoms with van der Waals surface area (Å²) in [4.78, 5) is 0. The predicted molar refractivity (Wildman–Crippen MR) is 91.9 cm³/mol. The molecule has 0 spiro atoms. The Hall–Kier alpha value is -1.32. The molecule has 0 aliphatic heterocycles. The summed E-state index contributed by atoms with van der Waals surface area (Å²) in [6.07, 6.45) is 0. The van der Waals surface area contributed by atoms with E-state index in [1.165, 1.54) is 11.1 Å². The first-order chi connectivity index (χ1) is 10.0. The van der Waals surface area contributed by atoms with E-state index in [0.29, 0.717) is 5.92 Å². The van der Waals surface area contributed by atoms with Gasteiger partial charge in [-0.1, -0.05) is 32.0 Å². The maximum atomic E-state index is 5.92. The van der Waals surface area contributed by atoms with Gasteiger partial charge in [0.15, 0.2) is 0 Å². The van der Waals surface area contributed by atoms with Crippen LogP contribution < -0.4 is 10.1 Å². The molecule has 2 rings (SSSR count). The standard InChI is InChI=1S/C18H22BrNO/c1-13(2)11-20-12-15-7-8-18(17(19)10-15)21-16-6-4-5-14(3)9-16/h4-10,13,20H,11-12H2,1-3H3. The number of ether oxygens (including phenoxy) is 1. The number of hydrogen-bond acceptors (Lipinski definition) is 2. The summed E-state index contributed by atoms with van der Waals surface area (Å²) in [5.74, 6) is 2.37. The first-order valence-electron chi connectivity index (χ1n) is 7.28. The highest BCUT2D eigenvalue weighted by molar-refractivity contribution is 9.10. The fourth-order valence-electron chi connectivity index (χ4n) is 2.05. The Morgan fingerprint density at radius 3 is 2.62 bits per heavy atom. The van der Waals surface area contributed by atoms with Gasteiger partial charge in [0, 0.05) is 6.54 Å². The second-order valence-corrected chi connectivity index (χ2v) is 6.56. The van der Waals surface area contributed by atoms with E-state index in [0.717, 1.165) is 29.1 Å². The average molecular weight is 348 g/mol. The lowest BCUT2D eigenvalue weighted by Gasteiger charge is -2.11. The lowest BCUT2D eigenvalue weighted by Crippen LogP contribution is -2.18. The summed E-state index contributed by atoms with van der Waals surface area (Å²) >= 11 is 3.59. The first-order valence-corrected chi connectivity index (χ1v) is 8.07. The van der Waals surface area contributed by atoms with E-state index in [4.69, 9.17) is 4.74 Å². The van der Waals surface area contributed by atoms with E-state index in [1.54, 1.807) is 0 Å². The highest BCUT2D eigenvalue weighted by Gasteiger charge is 2.05. The molecule has 2 aromatic carbocycles. The molecule has 0 unspecified atom stereocenters. The van der Waals surface area contributed by atoms with Gasteiger partial charge in [0.25, 0.3) is 0 Å². The van der Waals surface area contributed by atoms with E-state index in [-0.39, 0.29) is 0 Å². The van der Waals surface area contributed by atoms with Crippen LogP contribution in [0.5, 0.6) is 11.5 Å². The Morgan fingerprint density at radius 1 is 1.14 bits per heavy atom. The molecule has 3 heteroatoms. The van der Waals surface area contributed by atoms with Crippen molar-refractivity contribution in [1.29, 1.82) is 0 Å². The van der Waals surface area contributed by atoms with Gasteiger partial charge < -0.3 is 10.1 Å². The van der Waals surface area contributed by atoms with Crippen molar-refractivity contribution < 1.29 is 4.74 Å². The van der Waals surface area contributed by atoms with Crippen molar-refractivity contribution in [2.45, 2.75) is 27.3 Å². The quantitative estimate of drug-likeness (QED) is 0.765. The molecular formula is C18H22BrNO. The van der Waals surface area contributed by atoms with Crippen LogP contribution in [0.15, 0.2) is 46.9 Å². The van der Waals surface area contributed by atoms with Gasteiger partial charge in [-0.3, -0.25) is 0 Å². The maximum Gasteiger partial charge on any atom is 0.141 e. The minimum atomic E-state index is 0.664. The number of aryl methyl sites for hydroxylation is 1. The Morgan fingerprint density at radius 2 is 1.95 bits per heavy atom. The van der Waals surface area contributed by atoms with Crippen LogP contribution in [0, 0.1) is 12.8 Å². The lowest BCUT2D eigenvalue weighted by molar-refractivity contribution is 0.478. The molecular weight excluding hydrogens is 326 g/mol. The molecule has 0 aromatic heterocycles. The first kappa shape index (κ1) is 16.1. The Kier molecular flexibility index (Phi) is 5.83. The van der Waals surface area contributed by atoms with Crippen molar-refractivity contribution >= 4 is 15.9 Å². The monoisotopic (exact) mass is 347 g/mol. The van der Waals surface area contributed by atoms with Crippen molar-refractivity contribution in [2.24, 2.45) is 5.92 Å². The minimum Gasteiger partial charge on any atom is -0.456 e. The summed E-state index contributed by atoms with van der Waals surface area (Å²) in [7, 11) is 0. The molecule has 0 atom stereocenters. The van der Waals surface area contributed by atoms with Gasteiger partial charge >= 0.3 is 0 Å². The summed E-state index contributed by atoms with van der Waals surface area (Å²) < 4.78 is 6.90. The van der Waals surface area contributed by atoms with Gasteiger partial charge in [-0.15, -0.1) is 0 Å². The smallest absolute Gasteiger partial charge is 0.141 e. The van der Waals surface area contributed by atoms with Crippen LogP contribution >= 0.6 is 15.9 Å². The second-order valence-electron chi connectivity index (χ2n) is 5.71. The molecule has 0 aliphatic carbocycles. The fourth-order valence-corrected chi connectivity index (χ4v) is 2.56. The molecule has 0 radical (unpaired) electrons. The van der Waals surface area contributed by atoms with E-state index in [9.17, 15) is 0 Å². The Labute approximate surface area is 135 Å². The van der Waals surface area contributed by atoms with E-state index < -0.39 is 0 Å². The average Bonchev–Trinajstić information content (AvgIpc) is 2.41. The largest absolute Gasteiger partial charge is 0.456 e. The van der Waals surface area contributed by atoms with Gasteiger partial charge in [-0.2, -0.15) is 0 Å². The molecule has 0 amide bonds. The van der Waals surface area contributed by atoms with Crippen LogP contribution in [0.25, 0.3) is 0 Å².